The van der Waals surface area contributed by atoms with Crippen molar-refractivity contribution in [1.82, 2.24) is 14.9 Å². The SMILES string of the molecule is CCC(C)Sc1nnc(COc2ccc(C(C)C)cc2)n1N. The molecule has 1 unspecified atom stereocenters. The Labute approximate surface area is 136 Å². The van der Waals surface area contributed by atoms with Gasteiger partial charge in [0.05, 0.1) is 0 Å². The predicted octanol–water partition coefficient (Wildman–Crippen LogP) is 3.58. The molecule has 0 radical (unpaired) electrons. The van der Waals surface area contributed by atoms with Crippen molar-refractivity contribution in [3.05, 3.63) is 35.7 Å². The third-order valence-electron chi connectivity index (χ3n) is 3.53. The van der Waals surface area contributed by atoms with Gasteiger partial charge in [-0.25, -0.2) is 4.68 Å². The summed E-state index contributed by atoms with van der Waals surface area (Å²) in [4.78, 5) is 0. The van der Waals surface area contributed by atoms with Crippen molar-refractivity contribution in [3.8, 4) is 5.75 Å². The second kappa shape index (κ2) is 7.54. The van der Waals surface area contributed by atoms with E-state index in [0.29, 0.717) is 23.6 Å². The smallest absolute Gasteiger partial charge is 0.210 e. The lowest BCUT2D eigenvalue weighted by atomic mass is 10.0. The maximum Gasteiger partial charge on any atom is 0.210 e. The Morgan fingerprint density at radius 2 is 1.86 bits per heavy atom. The molecule has 0 aliphatic carbocycles. The van der Waals surface area contributed by atoms with Gasteiger partial charge in [0.2, 0.25) is 5.16 Å². The topological polar surface area (TPSA) is 66.0 Å². The summed E-state index contributed by atoms with van der Waals surface area (Å²) in [5, 5.41) is 9.42. The van der Waals surface area contributed by atoms with Gasteiger partial charge in [0.1, 0.15) is 12.4 Å². The third kappa shape index (κ3) is 4.16. The summed E-state index contributed by atoms with van der Waals surface area (Å²) < 4.78 is 7.25. The second-order valence-corrected chi connectivity index (χ2v) is 7.02. The fraction of sp³-hybridized carbons (Fsp3) is 0.500. The van der Waals surface area contributed by atoms with Crippen molar-refractivity contribution in [3.63, 3.8) is 0 Å². The Morgan fingerprint density at radius 1 is 1.18 bits per heavy atom. The summed E-state index contributed by atoms with van der Waals surface area (Å²) in [7, 11) is 0. The number of ether oxygens (including phenoxy) is 1. The summed E-state index contributed by atoms with van der Waals surface area (Å²) in [6.45, 7) is 8.93. The maximum atomic E-state index is 6.03. The molecule has 1 aromatic heterocycles. The first-order valence-electron chi connectivity index (χ1n) is 7.60. The van der Waals surface area contributed by atoms with Crippen molar-refractivity contribution in [2.75, 3.05) is 5.84 Å². The molecule has 0 fully saturated rings. The summed E-state index contributed by atoms with van der Waals surface area (Å²) in [5.74, 6) is 7.97. The minimum atomic E-state index is 0.311. The minimum absolute atomic E-state index is 0.311. The summed E-state index contributed by atoms with van der Waals surface area (Å²) in [6.07, 6.45) is 1.06. The molecule has 2 aromatic rings. The van der Waals surface area contributed by atoms with Gasteiger partial charge in [-0.15, -0.1) is 10.2 Å². The van der Waals surface area contributed by atoms with Gasteiger partial charge in [0.15, 0.2) is 5.82 Å². The van der Waals surface area contributed by atoms with E-state index in [9.17, 15) is 0 Å². The zero-order valence-corrected chi connectivity index (χ0v) is 14.4. The van der Waals surface area contributed by atoms with E-state index in [-0.39, 0.29) is 0 Å². The monoisotopic (exact) mass is 320 g/mol. The number of thioether (sulfide) groups is 1. The summed E-state index contributed by atoms with van der Waals surface area (Å²) >= 11 is 1.63. The number of nitrogens with zero attached hydrogens (tertiary/aromatic N) is 3. The van der Waals surface area contributed by atoms with E-state index in [1.165, 1.54) is 10.2 Å². The van der Waals surface area contributed by atoms with Crippen molar-refractivity contribution >= 4 is 11.8 Å². The Balaban J connectivity index is 1.97. The van der Waals surface area contributed by atoms with E-state index < -0.39 is 0 Å². The molecule has 0 saturated heterocycles. The van der Waals surface area contributed by atoms with Crippen LogP contribution in [0, 0.1) is 0 Å². The van der Waals surface area contributed by atoms with Crippen molar-refractivity contribution in [1.29, 1.82) is 0 Å². The van der Waals surface area contributed by atoms with E-state index >= 15 is 0 Å². The van der Waals surface area contributed by atoms with Crippen LogP contribution in [0.1, 0.15) is 51.4 Å². The third-order valence-corrected chi connectivity index (χ3v) is 4.76. The largest absolute Gasteiger partial charge is 0.486 e. The Hall–Kier alpha value is -1.69. The molecule has 1 atom stereocenters. The highest BCUT2D eigenvalue weighted by molar-refractivity contribution is 7.99. The molecule has 0 amide bonds. The number of rotatable bonds is 7. The Kier molecular flexibility index (Phi) is 5.71. The molecule has 0 bridgehead atoms. The van der Waals surface area contributed by atoms with Crippen LogP contribution in [0.4, 0.5) is 0 Å². The van der Waals surface area contributed by atoms with Crippen LogP contribution in [-0.4, -0.2) is 20.1 Å². The average Bonchev–Trinajstić information content (AvgIpc) is 2.86. The predicted molar refractivity (Wildman–Crippen MR) is 90.6 cm³/mol. The molecule has 1 aromatic carbocycles. The molecule has 0 saturated carbocycles. The number of aromatic nitrogens is 3. The lowest BCUT2D eigenvalue weighted by Crippen LogP contribution is -2.16. The highest BCUT2D eigenvalue weighted by atomic mass is 32.2. The van der Waals surface area contributed by atoms with Crippen LogP contribution < -0.4 is 10.6 Å². The molecule has 0 aliphatic rings. The fourth-order valence-electron chi connectivity index (χ4n) is 1.85. The molecule has 120 valence electrons. The minimum Gasteiger partial charge on any atom is -0.486 e. The van der Waals surface area contributed by atoms with Gasteiger partial charge in [-0.1, -0.05) is 51.6 Å². The maximum absolute atomic E-state index is 6.03. The van der Waals surface area contributed by atoms with Crippen LogP contribution in [0.3, 0.4) is 0 Å². The first-order chi connectivity index (χ1) is 10.5. The first-order valence-corrected chi connectivity index (χ1v) is 8.48. The molecule has 0 aliphatic heterocycles. The molecule has 0 spiro atoms. The van der Waals surface area contributed by atoms with E-state index in [1.807, 2.05) is 12.1 Å². The van der Waals surface area contributed by atoms with E-state index in [4.69, 9.17) is 10.6 Å². The van der Waals surface area contributed by atoms with Crippen LogP contribution in [0.15, 0.2) is 29.4 Å². The van der Waals surface area contributed by atoms with Gasteiger partial charge in [0.25, 0.3) is 0 Å². The lowest BCUT2D eigenvalue weighted by Gasteiger charge is -2.09. The highest BCUT2D eigenvalue weighted by Crippen LogP contribution is 2.23. The standard InChI is InChI=1S/C16H24N4OS/c1-5-12(4)22-16-19-18-15(20(16)17)10-21-14-8-6-13(7-9-14)11(2)3/h6-9,11-12H,5,10,17H2,1-4H3. The molecular weight excluding hydrogens is 296 g/mol. The normalized spacial score (nSPS) is 12.6. The van der Waals surface area contributed by atoms with Crippen LogP contribution in [0.25, 0.3) is 0 Å². The lowest BCUT2D eigenvalue weighted by molar-refractivity contribution is 0.291. The average molecular weight is 320 g/mol. The number of benzene rings is 1. The summed E-state index contributed by atoms with van der Waals surface area (Å²) in [5.41, 5.74) is 1.29. The van der Waals surface area contributed by atoms with Gasteiger partial charge in [-0.2, -0.15) is 0 Å². The Morgan fingerprint density at radius 3 is 2.45 bits per heavy atom. The van der Waals surface area contributed by atoms with Gasteiger partial charge in [0, 0.05) is 5.25 Å². The van der Waals surface area contributed by atoms with Crippen molar-refractivity contribution < 1.29 is 4.74 Å². The molecule has 2 rings (SSSR count). The molecular formula is C16H24N4OS. The fourth-order valence-corrected chi connectivity index (χ4v) is 2.68. The van der Waals surface area contributed by atoms with Gasteiger partial charge < -0.3 is 10.6 Å². The zero-order valence-electron chi connectivity index (χ0n) is 13.6. The van der Waals surface area contributed by atoms with Crippen LogP contribution >= 0.6 is 11.8 Å². The zero-order chi connectivity index (χ0) is 16.1. The van der Waals surface area contributed by atoms with Crippen LogP contribution in [0.5, 0.6) is 5.75 Å². The molecule has 6 heteroatoms. The van der Waals surface area contributed by atoms with Gasteiger partial charge in [-0.3, -0.25) is 0 Å². The number of nitrogen functional groups attached to an aromatic ring is 1. The van der Waals surface area contributed by atoms with Crippen LogP contribution in [0.2, 0.25) is 0 Å². The Bertz CT molecular complexity index is 595. The van der Waals surface area contributed by atoms with Gasteiger partial charge >= 0.3 is 0 Å². The number of hydrogen-bond acceptors (Lipinski definition) is 5. The quantitative estimate of drug-likeness (QED) is 0.624. The van der Waals surface area contributed by atoms with E-state index in [0.717, 1.165) is 17.3 Å². The van der Waals surface area contributed by atoms with Crippen LogP contribution in [-0.2, 0) is 6.61 Å². The van der Waals surface area contributed by atoms with E-state index in [1.54, 1.807) is 11.8 Å². The highest BCUT2D eigenvalue weighted by Gasteiger charge is 2.13. The molecule has 5 nitrogen and oxygen atoms in total. The van der Waals surface area contributed by atoms with Crippen molar-refractivity contribution in [2.45, 2.75) is 57.0 Å². The first kappa shape index (κ1) is 16.7. The number of nitrogens with two attached hydrogens (primary N) is 1. The number of hydrogen-bond donors (Lipinski definition) is 1. The molecule has 22 heavy (non-hydrogen) atoms. The van der Waals surface area contributed by atoms with Crippen molar-refractivity contribution in [2.24, 2.45) is 0 Å². The van der Waals surface area contributed by atoms with Gasteiger partial charge in [-0.05, 0) is 30.0 Å². The van der Waals surface area contributed by atoms with E-state index in [2.05, 4.69) is 50.0 Å². The molecule has 2 N–H and O–H groups in total. The molecule has 1 heterocycles. The summed E-state index contributed by atoms with van der Waals surface area (Å²) in [6, 6.07) is 8.11. The second-order valence-electron chi connectivity index (χ2n) is 5.62.